The summed E-state index contributed by atoms with van der Waals surface area (Å²) in [5.74, 6) is 0.186. The number of unbranched alkanes of at least 4 members (excludes halogenated alkanes) is 2. The molecule has 2 aromatic carbocycles. The second kappa shape index (κ2) is 12.6. The van der Waals surface area contributed by atoms with Crippen LogP contribution in [0.5, 0.6) is 5.75 Å². The number of amides is 2. The van der Waals surface area contributed by atoms with Crippen molar-refractivity contribution < 1.29 is 19.1 Å². The van der Waals surface area contributed by atoms with Crippen LogP contribution in [0, 0.1) is 0 Å². The molecule has 156 valence electrons. The van der Waals surface area contributed by atoms with Gasteiger partial charge in [-0.25, -0.2) is 0 Å². The number of nitrogens with one attached hydrogen (secondary N) is 2. The second-order valence-corrected chi connectivity index (χ2v) is 6.69. The van der Waals surface area contributed by atoms with E-state index in [4.69, 9.17) is 9.47 Å². The largest absolute Gasteiger partial charge is 0.493 e. The molecule has 6 heteroatoms. The fourth-order valence-electron chi connectivity index (χ4n) is 2.74. The standard InChI is InChI=1S/C23H30N2O4/c1-3-4-7-17-29-21-10-6-5-9-20(21)23(27)25-19-13-11-18(12-14-19)22(26)24-15-8-16-28-2/h5-6,9-14H,3-4,7-8,15-17H2,1-2H3,(H,24,26)(H,25,27). The number of para-hydroxylation sites is 1. The third-order valence-electron chi connectivity index (χ3n) is 4.35. The number of hydrogen-bond donors (Lipinski definition) is 2. The molecule has 0 bridgehead atoms. The summed E-state index contributed by atoms with van der Waals surface area (Å²) in [6, 6.07) is 14.0. The number of methoxy groups -OCH3 is 1. The van der Waals surface area contributed by atoms with Crippen molar-refractivity contribution in [3.63, 3.8) is 0 Å². The molecule has 6 nitrogen and oxygen atoms in total. The Hall–Kier alpha value is -2.86. The molecular weight excluding hydrogens is 368 g/mol. The van der Waals surface area contributed by atoms with Gasteiger partial charge < -0.3 is 20.1 Å². The van der Waals surface area contributed by atoms with E-state index in [1.54, 1.807) is 43.5 Å². The summed E-state index contributed by atoms with van der Waals surface area (Å²) in [7, 11) is 1.63. The summed E-state index contributed by atoms with van der Waals surface area (Å²) in [5, 5.41) is 5.69. The summed E-state index contributed by atoms with van der Waals surface area (Å²) >= 11 is 0. The van der Waals surface area contributed by atoms with Crippen molar-refractivity contribution in [2.24, 2.45) is 0 Å². The lowest BCUT2D eigenvalue weighted by molar-refractivity contribution is 0.0948. The average molecular weight is 399 g/mol. The van der Waals surface area contributed by atoms with E-state index in [1.165, 1.54) is 0 Å². The topological polar surface area (TPSA) is 76.7 Å². The van der Waals surface area contributed by atoms with Crippen LogP contribution in [0.1, 0.15) is 53.3 Å². The van der Waals surface area contributed by atoms with Crippen molar-refractivity contribution in [1.82, 2.24) is 5.32 Å². The fourth-order valence-corrected chi connectivity index (χ4v) is 2.74. The maximum Gasteiger partial charge on any atom is 0.259 e. The highest BCUT2D eigenvalue weighted by atomic mass is 16.5. The van der Waals surface area contributed by atoms with E-state index in [0.29, 0.717) is 42.3 Å². The third-order valence-corrected chi connectivity index (χ3v) is 4.35. The van der Waals surface area contributed by atoms with Crippen molar-refractivity contribution in [3.05, 3.63) is 59.7 Å². The molecule has 0 aliphatic rings. The first-order chi connectivity index (χ1) is 14.2. The summed E-state index contributed by atoms with van der Waals surface area (Å²) in [6.07, 6.45) is 3.94. The van der Waals surface area contributed by atoms with Gasteiger partial charge >= 0.3 is 0 Å². The lowest BCUT2D eigenvalue weighted by atomic mass is 10.1. The van der Waals surface area contributed by atoms with Crippen LogP contribution in [-0.2, 0) is 4.74 Å². The van der Waals surface area contributed by atoms with Crippen LogP contribution in [0.15, 0.2) is 48.5 Å². The first-order valence-electron chi connectivity index (χ1n) is 10.1. The average Bonchev–Trinajstić information content (AvgIpc) is 2.75. The predicted molar refractivity (Wildman–Crippen MR) is 115 cm³/mol. The van der Waals surface area contributed by atoms with Gasteiger partial charge in [-0.2, -0.15) is 0 Å². The monoisotopic (exact) mass is 398 g/mol. The minimum atomic E-state index is -0.243. The molecule has 0 radical (unpaired) electrons. The number of carbonyl (C=O) groups excluding carboxylic acids is 2. The van der Waals surface area contributed by atoms with Crippen molar-refractivity contribution in [1.29, 1.82) is 0 Å². The van der Waals surface area contributed by atoms with E-state index in [-0.39, 0.29) is 11.8 Å². The molecule has 0 heterocycles. The van der Waals surface area contributed by atoms with Crippen molar-refractivity contribution in [2.75, 3.05) is 32.2 Å². The molecule has 0 atom stereocenters. The summed E-state index contributed by atoms with van der Waals surface area (Å²) < 4.78 is 10.7. The minimum Gasteiger partial charge on any atom is -0.493 e. The van der Waals surface area contributed by atoms with Crippen molar-refractivity contribution in [2.45, 2.75) is 32.6 Å². The van der Waals surface area contributed by atoms with Crippen molar-refractivity contribution in [3.8, 4) is 5.75 Å². The molecule has 0 saturated carbocycles. The lowest BCUT2D eigenvalue weighted by Gasteiger charge is -2.12. The molecule has 2 N–H and O–H groups in total. The summed E-state index contributed by atoms with van der Waals surface area (Å²) in [4.78, 5) is 24.8. The Kier molecular flexibility index (Phi) is 9.72. The maximum absolute atomic E-state index is 12.7. The Balaban J connectivity index is 1.93. The molecule has 0 fully saturated rings. The first kappa shape index (κ1) is 22.4. The second-order valence-electron chi connectivity index (χ2n) is 6.69. The fraction of sp³-hybridized carbons (Fsp3) is 0.391. The molecule has 29 heavy (non-hydrogen) atoms. The van der Waals surface area contributed by atoms with Crippen LogP contribution in [0.4, 0.5) is 5.69 Å². The van der Waals surface area contributed by atoms with E-state index in [9.17, 15) is 9.59 Å². The normalized spacial score (nSPS) is 10.4. The smallest absolute Gasteiger partial charge is 0.259 e. The minimum absolute atomic E-state index is 0.148. The van der Waals surface area contributed by atoms with E-state index in [1.807, 2.05) is 12.1 Å². The highest BCUT2D eigenvalue weighted by molar-refractivity contribution is 6.06. The molecule has 0 unspecified atom stereocenters. The zero-order valence-corrected chi connectivity index (χ0v) is 17.2. The van der Waals surface area contributed by atoms with Gasteiger partial charge in [0.2, 0.25) is 0 Å². The molecule has 2 rings (SSSR count). The van der Waals surface area contributed by atoms with Crippen molar-refractivity contribution >= 4 is 17.5 Å². The first-order valence-corrected chi connectivity index (χ1v) is 10.1. The van der Waals surface area contributed by atoms with E-state index < -0.39 is 0 Å². The molecule has 0 aliphatic heterocycles. The summed E-state index contributed by atoms with van der Waals surface area (Å²) in [5.41, 5.74) is 1.65. The van der Waals surface area contributed by atoms with E-state index in [2.05, 4.69) is 17.6 Å². The molecule has 0 aliphatic carbocycles. The lowest BCUT2D eigenvalue weighted by Crippen LogP contribution is -2.25. The number of ether oxygens (including phenoxy) is 2. The molecule has 0 aromatic heterocycles. The highest BCUT2D eigenvalue weighted by Crippen LogP contribution is 2.20. The predicted octanol–water partition coefficient (Wildman–Crippen LogP) is 4.27. The Labute approximate surface area is 172 Å². The van der Waals surface area contributed by atoms with Gasteiger partial charge in [0.1, 0.15) is 5.75 Å². The molecule has 0 saturated heterocycles. The van der Waals surface area contributed by atoms with Gasteiger partial charge in [-0.1, -0.05) is 31.9 Å². The van der Waals surface area contributed by atoms with Crippen LogP contribution >= 0.6 is 0 Å². The van der Waals surface area contributed by atoms with Gasteiger partial charge in [0.25, 0.3) is 11.8 Å². The Bertz CT molecular complexity index is 775. The number of rotatable bonds is 12. The molecular formula is C23H30N2O4. The number of carbonyl (C=O) groups is 2. The van der Waals surface area contributed by atoms with Gasteiger partial charge in [-0.15, -0.1) is 0 Å². The maximum atomic E-state index is 12.7. The molecule has 0 spiro atoms. The van der Waals surface area contributed by atoms with Crippen LogP contribution in [0.3, 0.4) is 0 Å². The van der Waals surface area contributed by atoms with Gasteiger partial charge in [-0.05, 0) is 49.2 Å². The van der Waals surface area contributed by atoms with Crippen LogP contribution < -0.4 is 15.4 Å². The van der Waals surface area contributed by atoms with Crippen LogP contribution in [0.25, 0.3) is 0 Å². The molecule has 2 aromatic rings. The van der Waals surface area contributed by atoms with Crippen LogP contribution in [0.2, 0.25) is 0 Å². The SMILES string of the molecule is CCCCCOc1ccccc1C(=O)Nc1ccc(C(=O)NCCCOC)cc1. The Morgan fingerprint density at radius 2 is 1.66 bits per heavy atom. The van der Waals surface area contributed by atoms with Gasteiger partial charge in [0, 0.05) is 31.5 Å². The van der Waals surface area contributed by atoms with Gasteiger partial charge in [0.15, 0.2) is 0 Å². The zero-order valence-electron chi connectivity index (χ0n) is 17.2. The Morgan fingerprint density at radius 1 is 0.897 bits per heavy atom. The van der Waals surface area contributed by atoms with Gasteiger partial charge in [-0.3, -0.25) is 9.59 Å². The summed E-state index contributed by atoms with van der Waals surface area (Å²) in [6.45, 7) is 3.89. The van der Waals surface area contributed by atoms with Gasteiger partial charge in [0.05, 0.1) is 12.2 Å². The Morgan fingerprint density at radius 3 is 2.38 bits per heavy atom. The highest BCUT2D eigenvalue weighted by Gasteiger charge is 2.13. The third kappa shape index (κ3) is 7.58. The van der Waals surface area contributed by atoms with E-state index >= 15 is 0 Å². The van der Waals surface area contributed by atoms with Crippen LogP contribution in [-0.4, -0.2) is 38.7 Å². The number of hydrogen-bond acceptors (Lipinski definition) is 4. The van der Waals surface area contributed by atoms with E-state index in [0.717, 1.165) is 25.7 Å². The zero-order chi connectivity index (χ0) is 20.9. The number of benzene rings is 2. The quantitative estimate of drug-likeness (QED) is 0.524. The number of anilines is 1. The molecule has 2 amide bonds.